The Kier molecular flexibility index (Phi) is 3.34. The van der Waals surface area contributed by atoms with Crippen molar-refractivity contribution in [3.63, 3.8) is 0 Å². The number of anilines is 1. The van der Waals surface area contributed by atoms with E-state index in [2.05, 4.69) is 16.4 Å². The zero-order valence-electron chi connectivity index (χ0n) is 11.1. The fourth-order valence-corrected chi connectivity index (χ4v) is 1.84. The van der Waals surface area contributed by atoms with Crippen LogP contribution in [0, 0.1) is 25.2 Å². The first-order valence-electron chi connectivity index (χ1n) is 5.83. The number of aromatic nitrogens is 2. The Balaban J connectivity index is 2.32. The van der Waals surface area contributed by atoms with Crippen molar-refractivity contribution in [2.75, 3.05) is 5.32 Å². The molecule has 0 fully saturated rings. The summed E-state index contributed by atoms with van der Waals surface area (Å²) in [6, 6.07) is 5.40. The van der Waals surface area contributed by atoms with Crippen LogP contribution in [0.1, 0.15) is 27.3 Å². The quantitative estimate of drug-likeness (QED) is 0.892. The van der Waals surface area contributed by atoms with Gasteiger partial charge in [-0.25, -0.2) is 0 Å². The summed E-state index contributed by atoms with van der Waals surface area (Å²) in [6.07, 6.45) is 3.31. The number of aryl methyl sites for hydroxylation is 1. The zero-order valence-corrected chi connectivity index (χ0v) is 11.1. The maximum absolute atomic E-state index is 12.2. The molecule has 5 heteroatoms. The summed E-state index contributed by atoms with van der Waals surface area (Å²) >= 11 is 0. The minimum atomic E-state index is -0.219. The first kappa shape index (κ1) is 12.8. The molecule has 96 valence electrons. The van der Waals surface area contributed by atoms with Crippen LogP contribution in [0.4, 0.5) is 5.69 Å². The van der Waals surface area contributed by atoms with E-state index in [1.54, 1.807) is 36.1 Å². The fourth-order valence-electron chi connectivity index (χ4n) is 1.84. The number of rotatable bonds is 2. The maximum atomic E-state index is 12.2. The lowest BCUT2D eigenvalue weighted by molar-refractivity contribution is 0.102. The van der Waals surface area contributed by atoms with Crippen LogP contribution in [-0.2, 0) is 7.05 Å². The van der Waals surface area contributed by atoms with Crippen LogP contribution in [0.15, 0.2) is 24.5 Å². The topological polar surface area (TPSA) is 70.7 Å². The van der Waals surface area contributed by atoms with Gasteiger partial charge in [-0.15, -0.1) is 0 Å². The van der Waals surface area contributed by atoms with Crippen LogP contribution in [-0.4, -0.2) is 15.5 Å². The third-order valence-electron chi connectivity index (χ3n) is 3.16. The lowest BCUT2D eigenvalue weighted by Gasteiger charge is -2.07. The van der Waals surface area contributed by atoms with Crippen LogP contribution in [0.2, 0.25) is 0 Å². The molecule has 19 heavy (non-hydrogen) atoms. The first-order chi connectivity index (χ1) is 9.04. The Morgan fingerprint density at radius 1 is 1.47 bits per heavy atom. The van der Waals surface area contributed by atoms with E-state index in [9.17, 15) is 4.79 Å². The molecule has 0 saturated carbocycles. The molecule has 2 aromatic heterocycles. The van der Waals surface area contributed by atoms with Crippen molar-refractivity contribution in [1.29, 1.82) is 5.26 Å². The predicted octanol–water partition coefficient (Wildman–Crippen LogP) is 2.16. The van der Waals surface area contributed by atoms with E-state index in [0.717, 1.165) is 16.9 Å². The average Bonchev–Trinajstić information content (AvgIpc) is 2.69. The van der Waals surface area contributed by atoms with Gasteiger partial charge in [0.1, 0.15) is 11.8 Å². The standard InChI is InChI=1S/C14H14N4O/c1-9-8-16-5-4-13(9)17-14(19)12-6-11(7-15)18(3)10(12)2/h4-6,8H,1-3H3,(H,16,17,19). The SMILES string of the molecule is Cc1cnccc1NC(=O)c1cc(C#N)n(C)c1C. The third-order valence-corrected chi connectivity index (χ3v) is 3.16. The van der Waals surface area contributed by atoms with E-state index in [0.29, 0.717) is 11.3 Å². The van der Waals surface area contributed by atoms with Crippen molar-refractivity contribution in [1.82, 2.24) is 9.55 Å². The summed E-state index contributed by atoms with van der Waals surface area (Å²) in [7, 11) is 1.77. The largest absolute Gasteiger partial charge is 0.339 e. The molecule has 0 atom stereocenters. The highest BCUT2D eigenvalue weighted by Gasteiger charge is 2.16. The van der Waals surface area contributed by atoms with Gasteiger partial charge in [-0.3, -0.25) is 9.78 Å². The molecule has 0 aromatic carbocycles. The smallest absolute Gasteiger partial charge is 0.257 e. The fraction of sp³-hybridized carbons (Fsp3) is 0.214. The molecule has 0 unspecified atom stereocenters. The molecule has 5 nitrogen and oxygen atoms in total. The Bertz CT molecular complexity index is 679. The first-order valence-corrected chi connectivity index (χ1v) is 5.83. The number of pyridine rings is 1. The Hall–Kier alpha value is -2.61. The van der Waals surface area contributed by atoms with Gasteiger partial charge < -0.3 is 9.88 Å². The van der Waals surface area contributed by atoms with E-state index in [4.69, 9.17) is 5.26 Å². The molecular formula is C14H14N4O. The summed E-state index contributed by atoms with van der Waals surface area (Å²) < 4.78 is 1.70. The summed E-state index contributed by atoms with van der Waals surface area (Å²) in [5, 5.41) is 11.8. The van der Waals surface area contributed by atoms with E-state index in [1.807, 2.05) is 13.8 Å². The number of carbonyl (C=O) groups excluding carboxylic acids is 1. The highest BCUT2D eigenvalue weighted by atomic mass is 16.1. The molecule has 0 saturated heterocycles. The van der Waals surface area contributed by atoms with Gasteiger partial charge in [0.2, 0.25) is 0 Å². The lowest BCUT2D eigenvalue weighted by Crippen LogP contribution is -2.13. The van der Waals surface area contributed by atoms with Gasteiger partial charge >= 0.3 is 0 Å². The Morgan fingerprint density at radius 3 is 2.79 bits per heavy atom. The van der Waals surface area contributed by atoms with Gasteiger partial charge in [0.25, 0.3) is 5.91 Å². The van der Waals surface area contributed by atoms with Crippen LogP contribution in [0.5, 0.6) is 0 Å². The highest BCUT2D eigenvalue weighted by molar-refractivity contribution is 6.05. The number of nitriles is 1. The summed E-state index contributed by atoms with van der Waals surface area (Å²) in [4.78, 5) is 16.2. The van der Waals surface area contributed by atoms with Crippen molar-refractivity contribution >= 4 is 11.6 Å². The molecule has 0 aliphatic heterocycles. The second-order valence-electron chi connectivity index (χ2n) is 4.34. The number of amides is 1. The van der Waals surface area contributed by atoms with E-state index >= 15 is 0 Å². The molecule has 0 spiro atoms. The van der Waals surface area contributed by atoms with E-state index in [-0.39, 0.29) is 5.91 Å². The molecule has 1 N–H and O–H groups in total. The second-order valence-corrected chi connectivity index (χ2v) is 4.34. The molecule has 0 bridgehead atoms. The number of nitrogens with zero attached hydrogens (tertiary/aromatic N) is 3. The van der Waals surface area contributed by atoms with Crippen LogP contribution in [0.3, 0.4) is 0 Å². The molecule has 1 amide bonds. The average molecular weight is 254 g/mol. The highest BCUT2D eigenvalue weighted by Crippen LogP contribution is 2.17. The molecule has 2 heterocycles. The van der Waals surface area contributed by atoms with Gasteiger partial charge in [-0.1, -0.05) is 0 Å². The van der Waals surface area contributed by atoms with E-state index < -0.39 is 0 Å². The molecule has 2 rings (SSSR count). The van der Waals surface area contributed by atoms with Crippen LogP contribution >= 0.6 is 0 Å². The van der Waals surface area contributed by atoms with Crippen molar-refractivity contribution in [2.24, 2.45) is 7.05 Å². The van der Waals surface area contributed by atoms with Crippen molar-refractivity contribution in [3.8, 4) is 6.07 Å². The minimum Gasteiger partial charge on any atom is -0.339 e. The monoisotopic (exact) mass is 254 g/mol. The van der Waals surface area contributed by atoms with Crippen molar-refractivity contribution in [2.45, 2.75) is 13.8 Å². The van der Waals surface area contributed by atoms with Crippen molar-refractivity contribution in [3.05, 3.63) is 47.0 Å². The number of hydrogen-bond acceptors (Lipinski definition) is 3. The van der Waals surface area contributed by atoms with E-state index in [1.165, 1.54) is 0 Å². The summed E-state index contributed by atoms with van der Waals surface area (Å²) in [6.45, 7) is 3.69. The van der Waals surface area contributed by atoms with Crippen molar-refractivity contribution < 1.29 is 4.79 Å². The van der Waals surface area contributed by atoms with Gasteiger partial charge in [-0.05, 0) is 31.5 Å². The number of carbonyl (C=O) groups is 1. The summed E-state index contributed by atoms with van der Waals surface area (Å²) in [5.41, 5.74) is 3.36. The van der Waals surface area contributed by atoms with Gasteiger partial charge in [0.05, 0.1) is 5.56 Å². The Morgan fingerprint density at radius 2 is 2.21 bits per heavy atom. The Labute approximate surface area is 111 Å². The zero-order chi connectivity index (χ0) is 14.0. The van der Waals surface area contributed by atoms with Gasteiger partial charge in [0, 0.05) is 30.8 Å². The second kappa shape index (κ2) is 4.94. The minimum absolute atomic E-state index is 0.219. The third kappa shape index (κ3) is 2.33. The number of hydrogen-bond donors (Lipinski definition) is 1. The molecule has 0 radical (unpaired) electrons. The summed E-state index contributed by atoms with van der Waals surface area (Å²) in [5.74, 6) is -0.219. The van der Waals surface area contributed by atoms with Crippen LogP contribution < -0.4 is 5.32 Å². The molecule has 0 aliphatic rings. The number of nitrogens with one attached hydrogen (secondary N) is 1. The van der Waals surface area contributed by atoms with Gasteiger partial charge in [-0.2, -0.15) is 5.26 Å². The molecule has 0 aliphatic carbocycles. The lowest BCUT2D eigenvalue weighted by atomic mass is 10.2. The van der Waals surface area contributed by atoms with Gasteiger partial charge in [0.15, 0.2) is 0 Å². The predicted molar refractivity (Wildman–Crippen MR) is 71.8 cm³/mol. The normalized spacial score (nSPS) is 10.0. The molecule has 2 aromatic rings. The van der Waals surface area contributed by atoms with Crippen LogP contribution in [0.25, 0.3) is 0 Å². The molecular weight excluding hydrogens is 240 g/mol. The maximum Gasteiger partial charge on any atom is 0.257 e.